The van der Waals surface area contributed by atoms with Crippen LogP contribution in [0.1, 0.15) is 56.3 Å². The number of hydrazine groups is 1. The fourth-order valence-electron chi connectivity index (χ4n) is 3.55. The molecule has 2 aromatic carbocycles. The summed E-state index contributed by atoms with van der Waals surface area (Å²) in [5, 5.41) is 2.39. The molecule has 0 saturated carbocycles. The summed E-state index contributed by atoms with van der Waals surface area (Å²) < 4.78 is 5.58. The molecule has 0 bridgehead atoms. The largest absolute Gasteiger partial charge is 0.496 e. The third kappa shape index (κ3) is 4.23. The van der Waals surface area contributed by atoms with Gasteiger partial charge in [0.15, 0.2) is 0 Å². The van der Waals surface area contributed by atoms with Crippen LogP contribution >= 0.6 is 0 Å². The topological polar surface area (TPSA) is 24.5 Å². The molecule has 1 N–H and O–H groups in total. The molecule has 1 aliphatic rings. The number of rotatable bonds is 5. The van der Waals surface area contributed by atoms with Crippen molar-refractivity contribution in [3.05, 3.63) is 65.2 Å². The van der Waals surface area contributed by atoms with E-state index < -0.39 is 0 Å². The van der Waals surface area contributed by atoms with Crippen LogP contribution in [0.5, 0.6) is 5.75 Å². The van der Waals surface area contributed by atoms with Gasteiger partial charge in [-0.3, -0.25) is 5.43 Å². The Balaban J connectivity index is 1.74. The molecule has 134 valence electrons. The summed E-state index contributed by atoms with van der Waals surface area (Å²) in [6.45, 7) is 8.62. The fraction of sp³-hybridized carbons (Fsp3) is 0.455. The summed E-state index contributed by atoms with van der Waals surface area (Å²) in [5.41, 5.74) is 7.74. The lowest BCUT2D eigenvalue weighted by Gasteiger charge is -2.27. The average molecular weight is 338 g/mol. The molecule has 2 aromatic rings. The molecule has 3 rings (SSSR count). The van der Waals surface area contributed by atoms with E-state index in [-0.39, 0.29) is 5.41 Å². The van der Waals surface area contributed by atoms with Gasteiger partial charge in [0.1, 0.15) is 5.75 Å². The number of hydrogen-bond donors (Lipinski definition) is 1. The molecule has 0 aliphatic carbocycles. The zero-order chi connectivity index (χ0) is 17.9. The first-order chi connectivity index (χ1) is 12.0. The van der Waals surface area contributed by atoms with E-state index in [1.54, 1.807) is 7.11 Å². The van der Waals surface area contributed by atoms with Crippen molar-refractivity contribution in [3.8, 4) is 5.75 Å². The second-order valence-corrected chi connectivity index (χ2v) is 7.87. The first-order valence-corrected chi connectivity index (χ1v) is 9.21. The molecule has 1 atom stereocenters. The first kappa shape index (κ1) is 18.0. The van der Waals surface area contributed by atoms with E-state index in [0.29, 0.717) is 6.04 Å². The van der Waals surface area contributed by atoms with Crippen molar-refractivity contribution in [2.24, 2.45) is 0 Å². The molecule has 1 aliphatic heterocycles. The molecule has 0 aromatic heterocycles. The van der Waals surface area contributed by atoms with Crippen molar-refractivity contribution in [1.82, 2.24) is 10.4 Å². The van der Waals surface area contributed by atoms with E-state index in [2.05, 4.69) is 79.7 Å². The number of methoxy groups -OCH3 is 1. The number of ether oxygens (including phenoxy) is 1. The molecule has 1 saturated heterocycles. The number of benzene rings is 2. The Labute approximate surface area is 152 Å². The highest BCUT2D eigenvalue weighted by molar-refractivity contribution is 5.39. The summed E-state index contributed by atoms with van der Waals surface area (Å²) in [7, 11) is 1.75. The zero-order valence-electron chi connectivity index (χ0n) is 15.9. The lowest BCUT2D eigenvalue weighted by molar-refractivity contribution is 0.166. The molecule has 3 nitrogen and oxygen atoms in total. The Morgan fingerprint density at radius 2 is 1.88 bits per heavy atom. The summed E-state index contributed by atoms with van der Waals surface area (Å²) in [6, 6.07) is 17.8. The van der Waals surface area contributed by atoms with E-state index in [9.17, 15) is 0 Å². The van der Waals surface area contributed by atoms with Crippen molar-refractivity contribution < 1.29 is 4.74 Å². The second-order valence-electron chi connectivity index (χ2n) is 7.87. The lowest BCUT2D eigenvalue weighted by Crippen LogP contribution is -2.37. The molecule has 1 heterocycles. The highest BCUT2D eigenvalue weighted by Gasteiger charge is 2.26. The molecule has 0 amide bonds. The van der Waals surface area contributed by atoms with Crippen LogP contribution in [0, 0.1) is 0 Å². The Bertz CT molecular complexity index is 691. The molecular weight excluding hydrogens is 308 g/mol. The molecule has 0 spiro atoms. The van der Waals surface area contributed by atoms with E-state index in [1.165, 1.54) is 29.5 Å². The Morgan fingerprint density at radius 1 is 1.12 bits per heavy atom. The van der Waals surface area contributed by atoms with Gasteiger partial charge in [-0.25, -0.2) is 5.01 Å². The molecule has 0 radical (unpaired) electrons. The summed E-state index contributed by atoms with van der Waals surface area (Å²) >= 11 is 0. The Hall–Kier alpha value is -1.84. The maximum atomic E-state index is 5.58. The van der Waals surface area contributed by atoms with E-state index in [1.807, 2.05) is 0 Å². The number of nitrogens with one attached hydrogen (secondary N) is 1. The third-order valence-corrected chi connectivity index (χ3v) is 5.06. The van der Waals surface area contributed by atoms with Crippen molar-refractivity contribution >= 4 is 0 Å². The van der Waals surface area contributed by atoms with Crippen LogP contribution in [0.4, 0.5) is 0 Å². The summed E-state index contributed by atoms with van der Waals surface area (Å²) in [6.07, 6.45) is 2.43. The minimum atomic E-state index is 0.140. The SMILES string of the molecule is COc1ccc(C(C)(C)C)cc1CNN1CCCC1c1ccccc1. The zero-order valence-corrected chi connectivity index (χ0v) is 15.9. The van der Waals surface area contributed by atoms with Gasteiger partial charge in [-0.2, -0.15) is 0 Å². The van der Waals surface area contributed by atoms with Crippen LogP contribution in [0.15, 0.2) is 48.5 Å². The number of hydrogen-bond acceptors (Lipinski definition) is 3. The summed E-state index contributed by atoms with van der Waals surface area (Å²) in [5.74, 6) is 0.955. The van der Waals surface area contributed by atoms with Crippen molar-refractivity contribution in [2.75, 3.05) is 13.7 Å². The van der Waals surface area contributed by atoms with E-state index >= 15 is 0 Å². The van der Waals surface area contributed by atoms with Crippen LogP contribution in [0.25, 0.3) is 0 Å². The Morgan fingerprint density at radius 3 is 2.56 bits per heavy atom. The molecule has 3 heteroatoms. The van der Waals surface area contributed by atoms with Crippen molar-refractivity contribution in [3.63, 3.8) is 0 Å². The maximum absolute atomic E-state index is 5.58. The smallest absolute Gasteiger partial charge is 0.123 e. The van der Waals surface area contributed by atoms with Crippen molar-refractivity contribution in [2.45, 2.75) is 51.6 Å². The standard InChI is InChI=1S/C22H30N2O/c1-22(2,3)19-12-13-21(25-4)18(15-19)16-23-24-14-8-11-20(24)17-9-6-5-7-10-17/h5-7,9-10,12-13,15,20,23H,8,11,14,16H2,1-4H3. The number of nitrogens with zero attached hydrogens (tertiary/aromatic N) is 1. The van der Waals surface area contributed by atoms with E-state index in [4.69, 9.17) is 4.74 Å². The maximum Gasteiger partial charge on any atom is 0.123 e. The van der Waals surface area contributed by atoms with Crippen LogP contribution in [-0.2, 0) is 12.0 Å². The summed E-state index contributed by atoms with van der Waals surface area (Å²) in [4.78, 5) is 0. The van der Waals surface area contributed by atoms with Gasteiger partial charge in [-0.05, 0) is 35.4 Å². The Kier molecular flexibility index (Phi) is 5.45. The van der Waals surface area contributed by atoms with Gasteiger partial charge in [0, 0.05) is 24.7 Å². The van der Waals surface area contributed by atoms with Crippen LogP contribution < -0.4 is 10.2 Å². The predicted molar refractivity (Wildman–Crippen MR) is 104 cm³/mol. The molecule has 1 unspecified atom stereocenters. The second kappa shape index (κ2) is 7.59. The monoisotopic (exact) mass is 338 g/mol. The normalized spacial score (nSPS) is 18.5. The molecule has 25 heavy (non-hydrogen) atoms. The third-order valence-electron chi connectivity index (χ3n) is 5.06. The van der Waals surface area contributed by atoms with Crippen LogP contribution in [0.3, 0.4) is 0 Å². The highest BCUT2D eigenvalue weighted by Crippen LogP contribution is 2.31. The molecular formula is C22H30N2O. The van der Waals surface area contributed by atoms with Crippen LogP contribution in [0.2, 0.25) is 0 Å². The highest BCUT2D eigenvalue weighted by atomic mass is 16.5. The first-order valence-electron chi connectivity index (χ1n) is 9.21. The van der Waals surface area contributed by atoms with Gasteiger partial charge >= 0.3 is 0 Å². The van der Waals surface area contributed by atoms with Crippen LogP contribution in [-0.4, -0.2) is 18.7 Å². The average Bonchev–Trinajstić information content (AvgIpc) is 3.08. The lowest BCUT2D eigenvalue weighted by atomic mass is 9.86. The van der Waals surface area contributed by atoms with Gasteiger partial charge < -0.3 is 4.74 Å². The van der Waals surface area contributed by atoms with Gasteiger partial charge in [0.05, 0.1) is 7.11 Å². The quantitative estimate of drug-likeness (QED) is 0.845. The van der Waals surface area contributed by atoms with Gasteiger partial charge in [-0.15, -0.1) is 0 Å². The van der Waals surface area contributed by atoms with E-state index in [0.717, 1.165) is 18.8 Å². The van der Waals surface area contributed by atoms with Gasteiger partial charge in [0.25, 0.3) is 0 Å². The van der Waals surface area contributed by atoms with Crippen molar-refractivity contribution in [1.29, 1.82) is 0 Å². The minimum absolute atomic E-state index is 0.140. The van der Waals surface area contributed by atoms with Gasteiger partial charge in [-0.1, -0.05) is 63.2 Å². The predicted octanol–water partition coefficient (Wildman–Crippen LogP) is 4.83. The fourth-order valence-corrected chi connectivity index (χ4v) is 3.55. The van der Waals surface area contributed by atoms with Gasteiger partial charge in [0.2, 0.25) is 0 Å². The minimum Gasteiger partial charge on any atom is -0.496 e. The molecule has 1 fully saturated rings.